The van der Waals surface area contributed by atoms with Crippen LogP contribution >= 0.6 is 0 Å². The summed E-state index contributed by atoms with van der Waals surface area (Å²) >= 11 is 0. The zero-order chi connectivity index (χ0) is 17.9. The Balaban J connectivity index is 1.85. The van der Waals surface area contributed by atoms with Crippen molar-refractivity contribution in [3.05, 3.63) is 70.8 Å². The van der Waals surface area contributed by atoms with Crippen LogP contribution in [-0.2, 0) is 12.8 Å². The van der Waals surface area contributed by atoms with Crippen LogP contribution in [0.25, 0.3) is 0 Å². The molecule has 0 nitrogen and oxygen atoms in total. The Bertz CT molecular complexity index is 663. The summed E-state index contributed by atoms with van der Waals surface area (Å²) in [6.45, 7) is 6.83. The zero-order valence-electron chi connectivity index (χ0n) is 16.1. The minimum atomic E-state index is 0.818. The van der Waals surface area contributed by atoms with Crippen molar-refractivity contribution in [3.63, 3.8) is 0 Å². The molecule has 2 rings (SSSR count). The van der Waals surface area contributed by atoms with Crippen molar-refractivity contribution >= 4 is 0 Å². The summed E-state index contributed by atoms with van der Waals surface area (Å²) in [5.41, 5.74) is 5.03. The molecule has 0 radical (unpaired) electrons. The number of benzene rings is 2. The summed E-state index contributed by atoms with van der Waals surface area (Å²) in [4.78, 5) is 0. The highest BCUT2D eigenvalue weighted by atomic mass is 14.0. The fraction of sp³-hybridized carbons (Fsp3) is 0.440. The standard InChI is InChI=1S/C25H32/c1-4-5-9-22-11-15-24(16-12-22)19-20-25-17-13-23(14-18-25)10-7-6-8-21(2)3/h11-18,21H,4-10H2,1-3H3. The molecule has 0 amide bonds. The Labute approximate surface area is 154 Å². The third-order valence-corrected chi connectivity index (χ3v) is 4.57. The van der Waals surface area contributed by atoms with Gasteiger partial charge in [-0.1, -0.05) is 76.1 Å². The van der Waals surface area contributed by atoms with E-state index in [1.165, 1.54) is 56.1 Å². The van der Waals surface area contributed by atoms with Gasteiger partial charge in [0.2, 0.25) is 0 Å². The third-order valence-electron chi connectivity index (χ3n) is 4.57. The van der Waals surface area contributed by atoms with E-state index >= 15 is 0 Å². The van der Waals surface area contributed by atoms with Crippen LogP contribution in [0.3, 0.4) is 0 Å². The van der Waals surface area contributed by atoms with Gasteiger partial charge in [0, 0.05) is 11.1 Å². The lowest BCUT2D eigenvalue weighted by Gasteiger charge is -2.04. The molecule has 2 aromatic carbocycles. The van der Waals surface area contributed by atoms with Gasteiger partial charge in [-0.05, 0) is 67.0 Å². The number of hydrogen-bond acceptors (Lipinski definition) is 0. The van der Waals surface area contributed by atoms with E-state index in [0.717, 1.165) is 17.0 Å². The van der Waals surface area contributed by atoms with Crippen molar-refractivity contribution in [2.24, 2.45) is 5.92 Å². The first-order chi connectivity index (χ1) is 12.2. The Morgan fingerprint density at radius 2 is 1.16 bits per heavy atom. The Morgan fingerprint density at radius 3 is 1.60 bits per heavy atom. The maximum absolute atomic E-state index is 3.28. The van der Waals surface area contributed by atoms with Crippen molar-refractivity contribution in [3.8, 4) is 11.8 Å². The second kappa shape index (κ2) is 10.8. The van der Waals surface area contributed by atoms with Crippen molar-refractivity contribution in [1.82, 2.24) is 0 Å². The third kappa shape index (κ3) is 7.61. The fourth-order valence-corrected chi connectivity index (χ4v) is 2.92. The van der Waals surface area contributed by atoms with Crippen LogP contribution in [0.4, 0.5) is 0 Å². The minimum Gasteiger partial charge on any atom is -0.0654 e. The summed E-state index contributed by atoms with van der Waals surface area (Å²) in [5.74, 6) is 7.38. The maximum atomic E-state index is 3.28. The van der Waals surface area contributed by atoms with Crippen molar-refractivity contribution in [2.45, 2.75) is 65.7 Å². The van der Waals surface area contributed by atoms with Gasteiger partial charge in [-0.15, -0.1) is 0 Å². The lowest BCUT2D eigenvalue weighted by Crippen LogP contribution is -1.90. The molecule has 0 aliphatic heterocycles. The average molecular weight is 333 g/mol. The Hall–Kier alpha value is -2.00. The van der Waals surface area contributed by atoms with Crippen LogP contribution in [0.15, 0.2) is 48.5 Å². The van der Waals surface area contributed by atoms with E-state index in [9.17, 15) is 0 Å². The minimum absolute atomic E-state index is 0.818. The second-order valence-electron chi connectivity index (χ2n) is 7.39. The summed E-state index contributed by atoms with van der Waals surface area (Å²) < 4.78 is 0. The first kappa shape index (κ1) is 19.3. The van der Waals surface area contributed by atoms with E-state index in [1.807, 2.05) is 0 Å². The van der Waals surface area contributed by atoms with Crippen molar-refractivity contribution < 1.29 is 0 Å². The molecule has 0 aromatic heterocycles. The van der Waals surface area contributed by atoms with E-state index in [1.54, 1.807) is 0 Å². The first-order valence-electron chi connectivity index (χ1n) is 9.87. The average Bonchev–Trinajstić information content (AvgIpc) is 2.63. The lowest BCUT2D eigenvalue weighted by atomic mass is 10.0. The molecule has 132 valence electrons. The normalized spacial score (nSPS) is 10.6. The van der Waals surface area contributed by atoms with Crippen LogP contribution in [0.1, 0.15) is 75.1 Å². The van der Waals surface area contributed by atoms with Gasteiger partial charge in [0.15, 0.2) is 0 Å². The highest BCUT2D eigenvalue weighted by Gasteiger charge is 1.97. The van der Waals surface area contributed by atoms with Crippen molar-refractivity contribution in [2.75, 3.05) is 0 Å². The summed E-state index contributed by atoms with van der Waals surface area (Å²) in [7, 11) is 0. The maximum Gasteiger partial charge on any atom is 0.0249 e. The van der Waals surface area contributed by atoms with Crippen LogP contribution < -0.4 is 0 Å². The van der Waals surface area contributed by atoms with Crippen molar-refractivity contribution in [1.29, 1.82) is 0 Å². The van der Waals surface area contributed by atoms with Gasteiger partial charge in [-0.2, -0.15) is 0 Å². The van der Waals surface area contributed by atoms with Crippen LogP contribution in [0.5, 0.6) is 0 Å². The van der Waals surface area contributed by atoms with Gasteiger partial charge < -0.3 is 0 Å². The number of unbranched alkanes of at least 4 members (excludes halogenated alkanes) is 2. The number of hydrogen-bond donors (Lipinski definition) is 0. The second-order valence-corrected chi connectivity index (χ2v) is 7.39. The van der Waals surface area contributed by atoms with E-state index in [4.69, 9.17) is 0 Å². The molecule has 2 aromatic rings. The predicted octanol–water partition coefficient (Wildman–Crippen LogP) is 6.80. The van der Waals surface area contributed by atoms with Gasteiger partial charge in [0.05, 0.1) is 0 Å². The molecule has 0 fully saturated rings. The molecule has 0 spiro atoms. The molecule has 0 N–H and O–H groups in total. The Morgan fingerprint density at radius 1 is 0.680 bits per heavy atom. The van der Waals surface area contributed by atoms with Gasteiger partial charge in [-0.3, -0.25) is 0 Å². The van der Waals surface area contributed by atoms with Gasteiger partial charge in [0.25, 0.3) is 0 Å². The predicted molar refractivity (Wildman–Crippen MR) is 110 cm³/mol. The van der Waals surface area contributed by atoms with Crippen LogP contribution in [0.2, 0.25) is 0 Å². The SMILES string of the molecule is CCCCc1ccc(C#Cc2ccc(CCCCC(C)C)cc2)cc1. The highest BCUT2D eigenvalue weighted by molar-refractivity contribution is 5.44. The molecule has 0 saturated heterocycles. The topological polar surface area (TPSA) is 0 Å². The zero-order valence-corrected chi connectivity index (χ0v) is 16.1. The molecular formula is C25H32. The molecule has 0 atom stereocenters. The number of rotatable bonds is 8. The van der Waals surface area contributed by atoms with E-state index in [2.05, 4.69) is 81.1 Å². The summed E-state index contributed by atoms with van der Waals surface area (Å²) in [6.07, 6.45) is 8.80. The molecule has 0 heterocycles. The largest absolute Gasteiger partial charge is 0.0654 e. The van der Waals surface area contributed by atoms with Gasteiger partial charge in [0.1, 0.15) is 0 Å². The molecule has 0 aliphatic carbocycles. The summed E-state index contributed by atoms with van der Waals surface area (Å²) in [5, 5.41) is 0. The highest BCUT2D eigenvalue weighted by Crippen LogP contribution is 2.12. The monoisotopic (exact) mass is 332 g/mol. The lowest BCUT2D eigenvalue weighted by molar-refractivity contribution is 0.538. The van der Waals surface area contributed by atoms with E-state index in [-0.39, 0.29) is 0 Å². The quantitative estimate of drug-likeness (QED) is 0.368. The Kier molecular flexibility index (Phi) is 8.33. The van der Waals surface area contributed by atoms with E-state index < -0.39 is 0 Å². The summed E-state index contributed by atoms with van der Waals surface area (Å²) in [6, 6.07) is 17.5. The molecule has 0 saturated carbocycles. The molecule has 0 unspecified atom stereocenters. The molecule has 25 heavy (non-hydrogen) atoms. The number of aryl methyl sites for hydroxylation is 2. The molecule has 0 aliphatic rings. The van der Waals surface area contributed by atoms with E-state index in [0.29, 0.717) is 0 Å². The van der Waals surface area contributed by atoms with Crippen LogP contribution in [-0.4, -0.2) is 0 Å². The molecule has 0 bridgehead atoms. The first-order valence-corrected chi connectivity index (χ1v) is 9.87. The molecule has 0 heteroatoms. The fourth-order valence-electron chi connectivity index (χ4n) is 2.92. The van der Waals surface area contributed by atoms with Gasteiger partial charge >= 0.3 is 0 Å². The van der Waals surface area contributed by atoms with Gasteiger partial charge in [-0.25, -0.2) is 0 Å². The molecular weight excluding hydrogens is 300 g/mol. The van der Waals surface area contributed by atoms with Crippen LogP contribution in [0, 0.1) is 17.8 Å². The smallest absolute Gasteiger partial charge is 0.0249 e.